The van der Waals surface area contributed by atoms with Crippen molar-refractivity contribution < 1.29 is 76.6 Å². The zero-order chi connectivity index (χ0) is 12.2. The van der Waals surface area contributed by atoms with Crippen LogP contribution in [0.1, 0.15) is 0 Å². The average Bonchev–Trinajstić information content (AvgIpc) is 1.83. The molecule has 6 nitrogen and oxygen atoms in total. The third-order valence-electron chi connectivity index (χ3n) is 0.485. The van der Waals surface area contributed by atoms with Gasteiger partial charge < -0.3 is 21.2 Å². The zero-order valence-electron chi connectivity index (χ0n) is 7.76. The van der Waals surface area contributed by atoms with Crippen molar-refractivity contribution in [2.75, 3.05) is 0 Å². The minimum absolute atomic E-state index is 0. The fraction of sp³-hybridized carbons (Fsp3) is 0.500. The summed E-state index contributed by atoms with van der Waals surface area (Å²) in [7, 11) is 0. The topological polar surface area (TPSA) is 139 Å². The van der Waals surface area contributed by atoms with Crippen molar-refractivity contribution in [2.24, 2.45) is 0 Å². The van der Waals surface area contributed by atoms with Crippen LogP contribution >= 0.6 is 0 Å². The van der Waals surface area contributed by atoms with Gasteiger partial charge in [0.15, 0.2) is 0 Å². The number of carboxylic acids is 2. The van der Waals surface area contributed by atoms with E-state index < -0.39 is 24.3 Å². The SMILES string of the molecule is O.O=C(O)C(F)(F)F.O=C(O)C(F)(F)F.[OH3+].[Zn]. The molecule has 0 unspecified atom stereocenters. The van der Waals surface area contributed by atoms with Gasteiger partial charge in [-0.15, -0.1) is 0 Å². The standard InChI is InChI=1S/2C2HF3O2.2H2O.Zn/c2*3-2(4,5)1(6)7;;;/h2*(H,6,7);2*1H2;/p+1. The maximum Gasteiger partial charge on any atom is 0.490 e. The molecule has 0 heterocycles. The summed E-state index contributed by atoms with van der Waals surface area (Å²) in [6.07, 6.45) is -10.2. The van der Waals surface area contributed by atoms with Gasteiger partial charge in [-0.2, -0.15) is 26.3 Å². The molecule has 0 aliphatic carbocycles. The molecular weight excluding hydrogens is 323 g/mol. The van der Waals surface area contributed by atoms with Crippen molar-refractivity contribution in [2.45, 2.75) is 12.4 Å². The first-order valence-corrected chi connectivity index (χ1v) is 2.49. The molecule has 7 N–H and O–H groups in total. The molecule has 0 aromatic carbocycles. The molecule has 0 bridgehead atoms. The second kappa shape index (κ2) is 10.2. The Labute approximate surface area is 102 Å². The van der Waals surface area contributed by atoms with Gasteiger partial charge in [-0.05, 0) is 0 Å². The van der Waals surface area contributed by atoms with E-state index in [-0.39, 0.29) is 30.4 Å². The Morgan fingerprint density at radius 3 is 0.824 bits per heavy atom. The van der Waals surface area contributed by atoms with Gasteiger partial charge in [-0.3, -0.25) is 0 Å². The summed E-state index contributed by atoms with van der Waals surface area (Å²) < 4.78 is 63.5. The quantitative estimate of drug-likeness (QED) is 0.351. The molecule has 0 aliphatic heterocycles. The van der Waals surface area contributed by atoms with E-state index in [0.717, 1.165) is 0 Å². The minimum Gasteiger partial charge on any atom is -0.475 e. The number of aliphatic carboxylic acids is 2. The van der Waals surface area contributed by atoms with E-state index >= 15 is 0 Å². The van der Waals surface area contributed by atoms with Crippen molar-refractivity contribution in [1.82, 2.24) is 0 Å². The number of halogens is 6. The molecule has 0 atom stereocenters. The Morgan fingerprint density at radius 1 is 0.765 bits per heavy atom. The van der Waals surface area contributed by atoms with Gasteiger partial charge in [-0.1, -0.05) is 0 Å². The van der Waals surface area contributed by atoms with Crippen molar-refractivity contribution in [3.8, 4) is 0 Å². The van der Waals surface area contributed by atoms with Crippen molar-refractivity contribution in [1.29, 1.82) is 0 Å². The third-order valence-corrected chi connectivity index (χ3v) is 0.485. The first-order chi connectivity index (χ1) is 5.89. The van der Waals surface area contributed by atoms with E-state index in [4.69, 9.17) is 19.8 Å². The Morgan fingerprint density at radius 2 is 0.824 bits per heavy atom. The van der Waals surface area contributed by atoms with Crippen LogP contribution < -0.4 is 0 Å². The zero-order valence-corrected chi connectivity index (χ0v) is 10.7. The van der Waals surface area contributed by atoms with E-state index in [0.29, 0.717) is 0 Å². The van der Waals surface area contributed by atoms with Crippen LogP contribution in [-0.2, 0) is 34.5 Å². The Kier molecular flexibility index (Phi) is 17.9. The van der Waals surface area contributed by atoms with Crippen LogP contribution in [0.25, 0.3) is 0 Å². The first kappa shape index (κ1) is 29.8. The summed E-state index contributed by atoms with van der Waals surface area (Å²) in [5.41, 5.74) is 0. The maximum absolute atomic E-state index is 10.6. The number of carbonyl (C=O) groups is 2. The van der Waals surface area contributed by atoms with Crippen LogP contribution in [0.5, 0.6) is 0 Å². The van der Waals surface area contributed by atoms with E-state index in [1.807, 2.05) is 0 Å². The Balaban J connectivity index is -0.0000000480. The number of alkyl halides is 6. The Bertz CT molecular complexity index is 200. The van der Waals surface area contributed by atoms with E-state index in [1.165, 1.54) is 0 Å². The molecule has 102 valence electrons. The van der Waals surface area contributed by atoms with Gasteiger partial charge in [0.2, 0.25) is 0 Å². The molecule has 0 amide bonds. The summed E-state index contributed by atoms with van der Waals surface area (Å²) >= 11 is 0. The molecule has 17 heavy (non-hydrogen) atoms. The summed E-state index contributed by atoms with van der Waals surface area (Å²) in [6.45, 7) is 0. The van der Waals surface area contributed by atoms with Gasteiger partial charge >= 0.3 is 24.3 Å². The molecular formula is C4H7F6O6Zn+. The predicted molar refractivity (Wildman–Crippen MR) is 35.9 cm³/mol. The van der Waals surface area contributed by atoms with Crippen LogP contribution in [0.15, 0.2) is 0 Å². The van der Waals surface area contributed by atoms with E-state index in [1.54, 1.807) is 0 Å². The molecule has 0 aliphatic rings. The van der Waals surface area contributed by atoms with Crippen molar-refractivity contribution in [3.63, 3.8) is 0 Å². The monoisotopic (exact) mass is 329 g/mol. The van der Waals surface area contributed by atoms with Gasteiger partial charge in [-0.25, -0.2) is 9.59 Å². The van der Waals surface area contributed by atoms with Crippen LogP contribution in [-0.4, -0.2) is 40.0 Å². The first-order valence-electron chi connectivity index (χ1n) is 2.49. The molecule has 0 spiro atoms. The van der Waals surface area contributed by atoms with Gasteiger partial charge in [0.1, 0.15) is 0 Å². The van der Waals surface area contributed by atoms with Crippen LogP contribution in [0.4, 0.5) is 26.3 Å². The molecule has 0 aromatic heterocycles. The van der Waals surface area contributed by atoms with E-state index in [9.17, 15) is 26.3 Å². The van der Waals surface area contributed by atoms with Crippen LogP contribution in [0.3, 0.4) is 0 Å². The normalized spacial score (nSPS) is 9.29. The molecule has 0 radical (unpaired) electrons. The summed E-state index contributed by atoms with van der Waals surface area (Å²) in [6, 6.07) is 0. The molecule has 0 saturated heterocycles. The minimum atomic E-state index is -5.08. The molecule has 0 saturated carbocycles. The average molecular weight is 330 g/mol. The fourth-order valence-electron chi connectivity index (χ4n) is 0. The second-order valence-electron chi connectivity index (χ2n) is 1.61. The predicted octanol–water partition coefficient (Wildman–Crippen LogP) is -0.483. The van der Waals surface area contributed by atoms with Gasteiger partial charge in [0, 0.05) is 19.5 Å². The van der Waals surface area contributed by atoms with Gasteiger partial charge in [0.25, 0.3) is 0 Å². The van der Waals surface area contributed by atoms with Crippen molar-refractivity contribution >= 4 is 11.9 Å². The van der Waals surface area contributed by atoms with Crippen molar-refractivity contribution in [3.05, 3.63) is 0 Å². The number of hydrogen-bond acceptors (Lipinski definition) is 2. The largest absolute Gasteiger partial charge is 0.490 e. The fourth-order valence-corrected chi connectivity index (χ4v) is 0. The smallest absolute Gasteiger partial charge is 0.475 e. The van der Waals surface area contributed by atoms with Crippen LogP contribution in [0.2, 0.25) is 0 Å². The summed E-state index contributed by atoms with van der Waals surface area (Å²) in [4.78, 5) is 17.8. The number of hydrogen-bond donors (Lipinski definition) is 2. The summed E-state index contributed by atoms with van der Waals surface area (Å²) in [5.74, 6) is -5.51. The molecule has 0 rings (SSSR count). The van der Waals surface area contributed by atoms with Gasteiger partial charge in [0.05, 0.1) is 0 Å². The third kappa shape index (κ3) is 21.0. The van der Waals surface area contributed by atoms with Crippen LogP contribution in [0, 0.1) is 0 Å². The second-order valence-corrected chi connectivity index (χ2v) is 1.61. The van der Waals surface area contributed by atoms with E-state index in [2.05, 4.69) is 0 Å². The number of carboxylic acid groups (broad SMARTS) is 2. The molecule has 0 aromatic rings. The maximum atomic E-state index is 10.6. The molecule has 0 fully saturated rings. The summed E-state index contributed by atoms with van der Waals surface area (Å²) in [5, 5.41) is 14.2. The molecule has 13 heteroatoms. The Hall–Kier alpha value is -0.937. The number of rotatable bonds is 0.